The zero-order chi connectivity index (χ0) is 40.4. The highest BCUT2D eigenvalue weighted by molar-refractivity contribution is 5.76. The summed E-state index contributed by atoms with van der Waals surface area (Å²) >= 11 is 0. The maximum atomic E-state index is 12.6. The largest absolute Gasteiger partial charge is 0.394 e. The summed E-state index contributed by atoms with van der Waals surface area (Å²) in [5, 5.41) is 85.5. The Labute approximate surface area is 328 Å². The summed E-state index contributed by atoms with van der Waals surface area (Å²) < 4.78 is 22.4. The summed E-state index contributed by atoms with van der Waals surface area (Å²) in [5.74, 6) is -0.292. The molecule has 12 unspecified atom stereocenters. The first-order valence-corrected chi connectivity index (χ1v) is 20.7. The summed E-state index contributed by atoms with van der Waals surface area (Å²) in [6.07, 6.45) is 13.4. The molecule has 2 aliphatic heterocycles. The average Bonchev–Trinajstić information content (AvgIpc) is 3.18. The summed E-state index contributed by atoms with van der Waals surface area (Å²) in [5.41, 5.74) is 0. The Balaban J connectivity index is 1.81. The number of carbonyl (C=O) groups is 1. The van der Waals surface area contributed by atoms with Crippen LogP contribution in [0.1, 0.15) is 123 Å². The van der Waals surface area contributed by atoms with Crippen LogP contribution in [0.2, 0.25) is 0 Å². The van der Waals surface area contributed by atoms with E-state index in [1.807, 2.05) is 13.0 Å². The smallest absolute Gasteiger partial charge is 0.220 e. The van der Waals surface area contributed by atoms with Crippen molar-refractivity contribution in [1.82, 2.24) is 5.32 Å². The van der Waals surface area contributed by atoms with Gasteiger partial charge >= 0.3 is 0 Å². The molecule has 0 aromatic rings. The fourth-order valence-corrected chi connectivity index (χ4v) is 6.53. The van der Waals surface area contributed by atoms with Crippen LogP contribution < -0.4 is 5.32 Å². The summed E-state index contributed by atoms with van der Waals surface area (Å²) in [7, 11) is 0. The van der Waals surface area contributed by atoms with Crippen LogP contribution >= 0.6 is 0 Å². The van der Waals surface area contributed by atoms with Crippen LogP contribution in [0.5, 0.6) is 0 Å². The molecule has 55 heavy (non-hydrogen) atoms. The molecular formula is C41H73NO13. The Morgan fingerprint density at radius 1 is 0.636 bits per heavy atom. The van der Waals surface area contributed by atoms with Gasteiger partial charge in [0.05, 0.1) is 32.0 Å². The monoisotopic (exact) mass is 788 g/mol. The molecule has 0 aromatic heterocycles. The molecule has 2 rings (SSSR count). The van der Waals surface area contributed by atoms with Crippen LogP contribution in [-0.2, 0) is 23.7 Å². The molecule has 2 heterocycles. The van der Waals surface area contributed by atoms with E-state index in [-0.39, 0.29) is 18.9 Å². The van der Waals surface area contributed by atoms with E-state index in [2.05, 4.69) is 36.5 Å². The first kappa shape index (κ1) is 49.4. The maximum Gasteiger partial charge on any atom is 0.220 e. The molecular weight excluding hydrogens is 714 g/mol. The molecule has 0 radical (unpaired) electrons. The summed E-state index contributed by atoms with van der Waals surface area (Å²) in [4.78, 5) is 12.6. The number of ether oxygens (including phenoxy) is 4. The van der Waals surface area contributed by atoms with Gasteiger partial charge in [0.25, 0.3) is 0 Å². The van der Waals surface area contributed by atoms with E-state index in [0.29, 0.717) is 12.8 Å². The highest BCUT2D eigenvalue weighted by Crippen LogP contribution is 2.29. The number of aliphatic hydroxyl groups excluding tert-OH is 8. The van der Waals surface area contributed by atoms with Crippen molar-refractivity contribution in [3.05, 3.63) is 36.5 Å². The van der Waals surface area contributed by atoms with Crippen molar-refractivity contribution in [2.75, 3.05) is 19.8 Å². The minimum atomic E-state index is -1.79. The third-order valence-electron chi connectivity index (χ3n) is 10.1. The molecule has 0 saturated carbocycles. The van der Waals surface area contributed by atoms with Crippen LogP contribution in [0.3, 0.4) is 0 Å². The van der Waals surface area contributed by atoms with Gasteiger partial charge in [-0.3, -0.25) is 4.79 Å². The predicted octanol–water partition coefficient (Wildman–Crippen LogP) is 2.81. The number of carbonyl (C=O) groups excluding carboxylic acids is 1. The Morgan fingerprint density at radius 2 is 1.16 bits per heavy atom. The predicted molar refractivity (Wildman–Crippen MR) is 208 cm³/mol. The molecule has 9 N–H and O–H groups in total. The summed E-state index contributed by atoms with van der Waals surface area (Å²) in [6, 6.07) is -0.929. The minimum Gasteiger partial charge on any atom is -0.394 e. The fraction of sp³-hybridized carbons (Fsp3) is 0.829. The van der Waals surface area contributed by atoms with Gasteiger partial charge in [-0.25, -0.2) is 0 Å². The molecule has 14 heteroatoms. The maximum absolute atomic E-state index is 12.6. The van der Waals surface area contributed by atoms with Gasteiger partial charge in [0.2, 0.25) is 5.91 Å². The van der Waals surface area contributed by atoms with Crippen molar-refractivity contribution in [2.45, 2.75) is 197 Å². The van der Waals surface area contributed by atoms with Crippen molar-refractivity contribution in [3.8, 4) is 0 Å². The molecule has 0 aliphatic carbocycles. The average molecular weight is 788 g/mol. The number of hydrogen-bond donors (Lipinski definition) is 9. The van der Waals surface area contributed by atoms with E-state index in [1.165, 1.54) is 57.8 Å². The first-order chi connectivity index (χ1) is 26.6. The molecule has 2 saturated heterocycles. The lowest BCUT2D eigenvalue weighted by molar-refractivity contribution is -0.359. The highest BCUT2D eigenvalue weighted by Gasteiger charge is 2.50. The van der Waals surface area contributed by atoms with E-state index in [4.69, 9.17) is 18.9 Å². The molecule has 320 valence electrons. The fourth-order valence-electron chi connectivity index (χ4n) is 6.53. The van der Waals surface area contributed by atoms with Crippen molar-refractivity contribution in [2.24, 2.45) is 0 Å². The van der Waals surface area contributed by atoms with Crippen LogP contribution in [0, 0.1) is 0 Å². The lowest BCUT2D eigenvalue weighted by Crippen LogP contribution is -2.65. The number of unbranched alkanes of at least 4 members (excludes halogenated alkanes) is 12. The number of nitrogens with one attached hydrogen (secondary N) is 1. The zero-order valence-corrected chi connectivity index (χ0v) is 33.2. The lowest BCUT2D eigenvalue weighted by atomic mass is 9.97. The molecule has 14 nitrogen and oxygen atoms in total. The van der Waals surface area contributed by atoms with E-state index in [9.17, 15) is 45.6 Å². The molecule has 12 atom stereocenters. The third kappa shape index (κ3) is 18.6. The normalized spacial score (nSPS) is 30.1. The topological polar surface area (TPSA) is 228 Å². The van der Waals surface area contributed by atoms with Gasteiger partial charge in [0, 0.05) is 6.42 Å². The Bertz CT molecular complexity index is 1070. The molecule has 0 aromatic carbocycles. The van der Waals surface area contributed by atoms with Crippen LogP contribution in [-0.4, -0.2) is 140 Å². The lowest BCUT2D eigenvalue weighted by Gasteiger charge is -2.46. The molecule has 2 aliphatic rings. The Morgan fingerprint density at radius 3 is 1.76 bits per heavy atom. The number of allylic oxidation sites excluding steroid dienone is 5. The number of hydrogen-bond acceptors (Lipinski definition) is 13. The standard InChI is InChI=1S/C41H73NO13/c1-3-5-7-8-9-10-11-12-13-14-15-16-17-18-19-20-21-22-23-24-30(45)29(42-33(46)25-6-4-2)28-52-40-38(51)36(49)39(32(27-44)54-40)55-41-37(50)35(48)34(47)31(26-43)53-41/h15-16,19-20,23-24,29-32,34-41,43-45,47-51H,3-14,17-18,21-22,25-28H2,1-2H3,(H,42,46)/b16-15+,20-19+,24-23+. The van der Waals surface area contributed by atoms with E-state index >= 15 is 0 Å². The second kappa shape index (κ2) is 29.4. The van der Waals surface area contributed by atoms with Gasteiger partial charge < -0.3 is 65.1 Å². The molecule has 1 amide bonds. The highest BCUT2D eigenvalue weighted by atomic mass is 16.7. The van der Waals surface area contributed by atoms with Crippen molar-refractivity contribution < 1.29 is 64.6 Å². The third-order valence-corrected chi connectivity index (χ3v) is 10.1. The Hall–Kier alpha value is -1.79. The second-order valence-corrected chi connectivity index (χ2v) is 14.7. The van der Waals surface area contributed by atoms with Crippen LogP contribution in [0.25, 0.3) is 0 Å². The van der Waals surface area contributed by atoms with Gasteiger partial charge in [0.15, 0.2) is 12.6 Å². The van der Waals surface area contributed by atoms with Crippen LogP contribution in [0.4, 0.5) is 0 Å². The van der Waals surface area contributed by atoms with Crippen molar-refractivity contribution in [3.63, 3.8) is 0 Å². The summed E-state index contributed by atoms with van der Waals surface area (Å²) in [6.45, 7) is 2.46. The quantitative estimate of drug-likeness (QED) is 0.0393. The zero-order valence-electron chi connectivity index (χ0n) is 33.2. The minimum absolute atomic E-state index is 0.244. The number of amides is 1. The van der Waals surface area contributed by atoms with E-state index in [1.54, 1.807) is 6.08 Å². The second-order valence-electron chi connectivity index (χ2n) is 14.7. The van der Waals surface area contributed by atoms with Crippen molar-refractivity contribution >= 4 is 5.91 Å². The van der Waals surface area contributed by atoms with Crippen molar-refractivity contribution in [1.29, 1.82) is 0 Å². The van der Waals surface area contributed by atoms with Gasteiger partial charge in [-0.15, -0.1) is 0 Å². The van der Waals surface area contributed by atoms with Gasteiger partial charge in [-0.2, -0.15) is 0 Å². The van der Waals surface area contributed by atoms with Gasteiger partial charge in [-0.1, -0.05) is 108 Å². The molecule has 2 fully saturated rings. The first-order valence-electron chi connectivity index (χ1n) is 20.7. The van der Waals surface area contributed by atoms with Gasteiger partial charge in [0.1, 0.15) is 48.8 Å². The number of rotatable bonds is 29. The van der Waals surface area contributed by atoms with Gasteiger partial charge in [-0.05, 0) is 44.9 Å². The Kier molecular flexibility index (Phi) is 26.4. The SMILES string of the molecule is CCCCCCCCCCC/C=C/CC/C=C/CC/C=C/C(O)C(COC1OC(CO)C(OC2OC(CO)C(O)C(O)C2O)C(O)C1O)NC(=O)CCCC. The number of aliphatic hydroxyl groups is 8. The van der Waals surface area contributed by atoms with E-state index < -0.39 is 86.8 Å². The molecule has 0 bridgehead atoms. The molecule has 0 spiro atoms. The van der Waals surface area contributed by atoms with Crippen LogP contribution in [0.15, 0.2) is 36.5 Å². The van der Waals surface area contributed by atoms with E-state index in [0.717, 1.165) is 32.1 Å².